The molecule has 0 radical (unpaired) electrons. The first-order valence-electron chi connectivity index (χ1n) is 7.18. The predicted octanol–water partition coefficient (Wildman–Crippen LogP) is -0.176. The number of hydrogen-bond donors (Lipinski definition) is 2. The number of carbonyl (C=O) groups excluding carboxylic acids is 1. The first kappa shape index (κ1) is 14.3. The van der Waals surface area contributed by atoms with Crippen LogP contribution in [0.25, 0.3) is 0 Å². The summed E-state index contributed by atoms with van der Waals surface area (Å²) >= 11 is 6.05. The third kappa shape index (κ3) is 2.75. The number of rotatable bonds is 2. The monoisotopic (exact) mass is 311 g/mol. The molecule has 0 aromatic carbocycles. The summed E-state index contributed by atoms with van der Waals surface area (Å²) in [6, 6.07) is -0.269. The first-order valence-corrected chi connectivity index (χ1v) is 7.55. The fraction of sp³-hybridized carbons (Fsp3) is 0.615. The molecule has 1 aromatic heterocycles. The second-order valence-corrected chi connectivity index (χ2v) is 5.67. The van der Waals surface area contributed by atoms with Crippen LogP contribution in [0.15, 0.2) is 11.1 Å². The van der Waals surface area contributed by atoms with Crippen molar-refractivity contribution in [1.29, 1.82) is 0 Å². The highest BCUT2D eigenvalue weighted by atomic mass is 35.5. The maximum atomic E-state index is 12.7. The van der Waals surface area contributed by atoms with Gasteiger partial charge in [-0.15, -0.1) is 0 Å². The molecule has 8 heteroatoms. The van der Waals surface area contributed by atoms with Crippen molar-refractivity contribution in [2.45, 2.75) is 18.9 Å². The van der Waals surface area contributed by atoms with Crippen molar-refractivity contribution in [3.05, 3.63) is 21.7 Å². The molecule has 1 amide bonds. The van der Waals surface area contributed by atoms with E-state index >= 15 is 0 Å². The molecule has 114 valence electrons. The van der Waals surface area contributed by atoms with Gasteiger partial charge in [-0.3, -0.25) is 9.59 Å². The van der Waals surface area contributed by atoms with Gasteiger partial charge in [0.1, 0.15) is 11.1 Å². The zero-order chi connectivity index (χ0) is 14.8. The van der Waals surface area contributed by atoms with E-state index in [9.17, 15) is 9.59 Å². The Kier molecular flexibility index (Phi) is 4.12. The highest BCUT2D eigenvalue weighted by molar-refractivity contribution is 6.32. The summed E-state index contributed by atoms with van der Waals surface area (Å²) in [7, 11) is 0. The number of aromatic amines is 1. The first-order chi connectivity index (χ1) is 10.2. The van der Waals surface area contributed by atoms with Crippen molar-refractivity contribution >= 4 is 23.3 Å². The summed E-state index contributed by atoms with van der Waals surface area (Å²) in [5.41, 5.74) is -0.373. The molecule has 1 aromatic rings. The summed E-state index contributed by atoms with van der Waals surface area (Å²) in [4.78, 5) is 34.6. The molecule has 1 atom stereocenters. The Morgan fingerprint density at radius 1 is 1.33 bits per heavy atom. The summed E-state index contributed by atoms with van der Waals surface area (Å²) in [6.07, 6.45) is 3.00. The van der Waals surface area contributed by atoms with E-state index < -0.39 is 0 Å². The molecule has 3 rings (SSSR count). The second kappa shape index (κ2) is 6.03. The van der Waals surface area contributed by atoms with E-state index in [0.717, 1.165) is 39.0 Å². The van der Waals surface area contributed by atoms with E-state index in [1.807, 2.05) is 9.80 Å². The van der Waals surface area contributed by atoms with Crippen LogP contribution in [0.5, 0.6) is 0 Å². The van der Waals surface area contributed by atoms with Crippen LogP contribution >= 0.6 is 11.6 Å². The zero-order valence-corrected chi connectivity index (χ0v) is 12.4. The lowest BCUT2D eigenvalue weighted by molar-refractivity contribution is -0.133. The minimum atomic E-state index is -0.373. The van der Waals surface area contributed by atoms with Gasteiger partial charge in [0.25, 0.3) is 5.56 Å². The topological polar surface area (TPSA) is 81.3 Å². The number of hydrogen-bond acceptors (Lipinski definition) is 5. The molecule has 2 aliphatic heterocycles. The number of piperazine rings is 1. The van der Waals surface area contributed by atoms with E-state index in [4.69, 9.17) is 11.6 Å². The molecule has 3 heterocycles. The van der Waals surface area contributed by atoms with Gasteiger partial charge in [0.2, 0.25) is 5.91 Å². The molecule has 2 aliphatic rings. The third-order valence-corrected chi connectivity index (χ3v) is 4.36. The van der Waals surface area contributed by atoms with E-state index in [0.29, 0.717) is 12.4 Å². The van der Waals surface area contributed by atoms with Gasteiger partial charge >= 0.3 is 0 Å². The fourth-order valence-electron chi connectivity index (χ4n) is 2.95. The van der Waals surface area contributed by atoms with Crippen LogP contribution in [0.3, 0.4) is 0 Å². The standard InChI is InChI=1S/C13H18ClN5O2/c14-10-11(16-8-17-12(10)20)19-5-1-2-9(19)13(21)18-6-3-15-4-7-18/h8-9,15H,1-7H2,(H,16,17,20). The van der Waals surface area contributed by atoms with Crippen molar-refractivity contribution in [3.8, 4) is 0 Å². The van der Waals surface area contributed by atoms with Crippen LogP contribution in [0.4, 0.5) is 5.82 Å². The zero-order valence-electron chi connectivity index (χ0n) is 11.6. The highest BCUT2D eigenvalue weighted by Crippen LogP contribution is 2.28. The Morgan fingerprint density at radius 2 is 2.10 bits per heavy atom. The van der Waals surface area contributed by atoms with Gasteiger partial charge in [0.15, 0.2) is 5.82 Å². The van der Waals surface area contributed by atoms with Gasteiger partial charge < -0.3 is 20.1 Å². The quantitative estimate of drug-likeness (QED) is 0.792. The number of nitrogens with zero attached hydrogens (tertiary/aromatic N) is 3. The van der Waals surface area contributed by atoms with Crippen molar-refractivity contribution in [3.63, 3.8) is 0 Å². The molecule has 2 fully saturated rings. The lowest BCUT2D eigenvalue weighted by Crippen LogP contribution is -2.52. The van der Waals surface area contributed by atoms with E-state index in [1.165, 1.54) is 6.33 Å². The van der Waals surface area contributed by atoms with Gasteiger partial charge in [-0.25, -0.2) is 4.98 Å². The summed E-state index contributed by atoms with van der Waals surface area (Å²) in [6.45, 7) is 3.78. The van der Waals surface area contributed by atoms with Gasteiger partial charge in [0.05, 0.1) is 6.33 Å². The number of H-pyrrole nitrogens is 1. The molecule has 21 heavy (non-hydrogen) atoms. The molecular weight excluding hydrogens is 294 g/mol. The Balaban J connectivity index is 1.83. The van der Waals surface area contributed by atoms with Gasteiger partial charge in [0, 0.05) is 32.7 Å². The van der Waals surface area contributed by atoms with Crippen molar-refractivity contribution in [2.24, 2.45) is 0 Å². The molecule has 1 unspecified atom stereocenters. The highest BCUT2D eigenvalue weighted by Gasteiger charge is 2.36. The van der Waals surface area contributed by atoms with Gasteiger partial charge in [-0.2, -0.15) is 0 Å². The predicted molar refractivity (Wildman–Crippen MR) is 79.7 cm³/mol. The average molecular weight is 312 g/mol. The number of halogens is 1. The van der Waals surface area contributed by atoms with Crippen LogP contribution in [0, 0.1) is 0 Å². The van der Waals surface area contributed by atoms with Crippen LogP contribution in [-0.4, -0.2) is 59.5 Å². The maximum Gasteiger partial charge on any atom is 0.271 e. The number of aromatic nitrogens is 2. The number of carbonyl (C=O) groups is 1. The molecule has 0 aliphatic carbocycles. The summed E-state index contributed by atoms with van der Waals surface area (Å²) < 4.78 is 0. The van der Waals surface area contributed by atoms with Crippen LogP contribution in [-0.2, 0) is 4.79 Å². The normalized spacial score (nSPS) is 22.6. The molecular formula is C13H18ClN5O2. The molecule has 0 spiro atoms. The average Bonchev–Trinajstić information content (AvgIpc) is 2.99. The summed E-state index contributed by atoms with van der Waals surface area (Å²) in [5, 5.41) is 3.29. The number of nitrogens with one attached hydrogen (secondary N) is 2. The van der Waals surface area contributed by atoms with Gasteiger partial charge in [-0.1, -0.05) is 11.6 Å². The van der Waals surface area contributed by atoms with E-state index in [2.05, 4.69) is 15.3 Å². The SMILES string of the molecule is O=C(C1CCCN1c1nc[nH]c(=O)c1Cl)N1CCNCC1. The molecule has 0 saturated carbocycles. The molecule has 0 bridgehead atoms. The number of amides is 1. The third-order valence-electron chi connectivity index (χ3n) is 4.02. The van der Waals surface area contributed by atoms with Crippen molar-refractivity contribution < 1.29 is 4.79 Å². The minimum Gasteiger partial charge on any atom is -0.343 e. The second-order valence-electron chi connectivity index (χ2n) is 5.30. The van der Waals surface area contributed by atoms with E-state index in [1.54, 1.807) is 0 Å². The van der Waals surface area contributed by atoms with Crippen LogP contribution < -0.4 is 15.8 Å². The molecule has 2 N–H and O–H groups in total. The Bertz CT molecular complexity index is 584. The lowest BCUT2D eigenvalue weighted by Gasteiger charge is -2.33. The Labute approximate surface area is 127 Å². The van der Waals surface area contributed by atoms with Gasteiger partial charge in [-0.05, 0) is 12.8 Å². The number of anilines is 1. The molecule has 2 saturated heterocycles. The van der Waals surface area contributed by atoms with Crippen molar-refractivity contribution in [1.82, 2.24) is 20.2 Å². The largest absolute Gasteiger partial charge is 0.343 e. The fourth-order valence-corrected chi connectivity index (χ4v) is 3.16. The lowest BCUT2D eigenvalue weighted by atomic mass is 10.1. The Morgan fingerprint density at radius 3 is 2.86 bits per heavy atom. The summed E-state index contributed by atoms with van der Waals surface area (Å²) in [5.74, 6) is 0.513. The smallest absolute Gasteiger partial charge is 0.271 e. The maximum absolute atomic E-state index is 12.7. The minimum absolute atomic E-state index is 0.0533. The van der Waals surface area contributed by atoms with Crippen molar-refractivity contribution in [2.75, 3.05) is 37.6 Å². The Hall–Kier alpha value is -1.60. The molecule has 7 nitrogen and oxygen atoms in total. The van der Waals surface area contributed by atoms with Crippen LogP contribution in [0.1, 0.15) is 12.8 Å². The van der Waals surface area contributed by atoms with Crippen LogP contribution in [0.2, 0.25) is 5.02 Å². The van der Waals surface area contributed by atoms with E-state index in [-0.39, 0.29) is 22.5 Å².